The van der Waals surface area contributed by atoms with Crippen LogP contribution < -0.4 is 0 Å². The molecule has 0 spiro atoms. The van der Waals surface area contributed by atoms with E-state index in [0.29, 0.717) is 6.61 Å². The normalized spacial score (nSPS) is 34.0. The zero-order valence-corrected chi connectivity index (χ0v) is 13.4. The van der Waals surface area contributed by atoms with Crippen molar-refractivity contribution in [2.45, 2.75) is 69.9 Å². The Morgan fingerprint density at radius 3 is 2.68 bits per heavy atom. The second kappa shape index (κ2) is 7.55. The molecule has 2 heterocycles. The monoisotopic (exact) mass is 306 g/mol. The van der Waals surface area contributed by atoms with Crippen LogP contribution in [0.1, 0.15) is 38.2 Å². The molecule has 0 radical (unpaired) electrons. The third kappa shape index (κ3) is 3.51. The summed E-state index contributed by atoms with van der Waals surface area (Å²) in [6, 6.07) is 10.3. The van der Waals surface area contributed by atoms with Crippen molar-refractivity contribution in [3.63, 3.8) is 0 Å². The SMILES string of the molecule is CCCC[C@@H]1OC2O[C@H]1[C@@H](OCc1ccccc1)C[C@H]2OC. The molecule has 2 bridgehead atoms. The average Bonchev–Trinajstić information content (AvgIpc) is 2.92. The van der Waals surface area contributed by atoms with Crippen LogP contribution in [0.4, 0.5) is 0 Å². The maximum Gasteiger partial charge on any atom is 0.184 e. The summed E-state index contributed by atoms with van der Waals surface area (Å²) < 4.78 is 23.8. The van der Waals surface area contributed by atoms with Crippen LogP contribution in [-0.2, 0) is 25.6 Å². The molecule has 4 nitrogen and oxygen atoms in total. The maximum absolute atomic E-state index is 6.16. The van der Waals surface area contributed by atoms with Gasteiger partial charge < -0.3 is 18.9 Å². The smallest absolute Gasteiger partial charge is 0.184 e. The molecule has 0 N–H and O–H groups in total. The molecule has 2 saturated heterocycles. The van der Waals surface area contributed by atoms with E-state index in [0.717, 1.165) is 19.3 Å². The molecule has 0 saturated carbocycles. The van der Waals surface area contributed by atoms with Crippen molar-refractivity contribution in [1.29, 1.82) is 0 Å². The molecule has 0 aromatic heterocycles. The van der Waals surface area contributed by atoms with Gasteiger partial charge >= 0.3 is 0 Å². The topological polar surface area (TPSA) is 36.9 Å². The minimum absolute atomic E-state index is 0.0331. The first-order valence-electron chi connectivity index (χ1n) is 8.31. The Kier molecular flexibility index (Phi) is 5.47. The van der Waals surface area contributed by atoms with E-state index in [1.165, 1.54) is 12.0 Å². The number of hydrogen-bond acceptors (Lipinski definition) is 4. The van der Waals surface area contributed by atoms with Gasteiger partial charge in [-0.15, -0.1) is 0 Å². The lowest BCUT2D eigenvalue weighted by atomic mass is 9.97. The molecule has 0 aliphatic carbocycles. The lowest BCUT2D eigenvalue weighted by Gasteiger charge is -2.33. The Bertz CT molecular complexity index is 450. The van der Waals surface area contributed by atoms with Gasteiger partial charge in [-0.25, -0.2) is 0 Å². The Hall–Kier alpha value is -0.940. The van der Waals surface area contributed by atoms with Crippen molar-refractivity contribution >= 4 is 0 Å². The van der Waals surface area contributed by atoms with Crippen LogP contribution in [0, 0.1) is 0 Å². The zero-order valence-electron chi connectivity index (χ0n) is 13.4. The molecule has 1 aromatic carbocycles. The summed E-state index contributed by atoms with van der Waals surface area (Å²) in [7, 11) is 1.71. The van der Waals surface area contributed by atoms with Crippen molar-refractivity contribution < 1.29 is 18.9 Å². The molecule has 0 amide bonds. The molecule has 2 aliphatic rings. The average molecular weight is 306 g/mol. The summed E-state index contributed by atoms with van der Waals surface area (Å²) in [6.07, 6.45) is 4.11. The highest BCUT2D eigenvalue weighted by molar-refractivity contribution is 5.13. The minimum Gasteiger partial charge on any atom is -0.376 e. The second-order valence-electron chi connectivity index (χ2n) is 6.13. The van der Waals surface area contributed by atoms with E-state index in [1.54, 1.807) is 7.11 Å². The molecule has 122 valence electrons. The summed E-state index contributed by atoms with van der Waals surface area (Å²) in [5.74, 6) is 0. The Morgan fingerprint density at radius 1 is 1.14 bits per heavy atom. The maximum atomic E-state index is 6.16. The fourth-order valence-corrected chi connectivity index (χ4v) is 3.29. The highest BCUT2D eigenvalue weighted by atomic mass is 16.8. The van der Waals surface area contributed by atoms with E-state index in [9.17, 15) is 0 Å². The number of unbranched alkanes of at least 4 members (excludes halogenated alkanes) is 1. The van der Waals surface area contributed by atoms with Crippen molar-refractivity contribution in [3.8, 4) is 0 Å². The highest BCUT2D eigenvalue weighted by Crippen LogP contribution is 2.37. The predicted molar refractivity (Wildman–Crippen MR) is 83.5 cm³/mol. The molecule has 2 aliphatic heterocycles. The molecule has 1 unspecified atom stereocenters. The number of benzene rings is 1. The molecule has 4 heteroatoms. The van der Waals surface area contributed by atoms with Crippen LogP contribution in [0.5, 0.6) is 0 Å². The van der Waals surface area contributed by atoms with Gasteiger partial charge in [0, 0.05) is 13.5 Å². The first-order chi connectivity index (χ1) is 10.8. The minimum atomic E-state index is -0.228. The molecule has 3 rings (SSSR count). The van der Waals surface area contributed by atoms with Gasteiger partial charge in [-0.3, -0.25) is 0 Å². The number of ether oxygens (including phenoxy) is 4. The lowest BCUT2D eigenvalue weighted by molar-refractivity contribution is -0.201. The number of methoxy groups -OCH3 is 1. The Morgan fingerprint density at radius 2 is 1.95 bits per heavy atom. The molecule has 1 aromatic rings. The van der Waals surface area contributed by atoms with Crippen LogP contribution in [0.15, 0.2) is 30.3 Å². The first kappa shape index (κ1) is 15.9. The van der Waals surface area contributed by atoms with Gasteiger partial charge in [-0.2, -0.15) is 0 Å². The van der Waals surface area contributed by atoms with Crippen molar-refractivity contribution in [1.82, 2.24) is 0 Å². The summed E-state index contributed by atoms with van der Waals surface area (Å²) in [5, 5.41) is 0. The Labute approximate surface area is 132 Å². The van der Waals surface area contributed by atoms with Crippen LogP contribution >= 0.6 is 0 Å². The van der Waals surface area contributed by atoms with Gasteiger partial charge in [0.15, 0.2) is 6.29 Å². The zero-order chi connectivity index (χ0) is 15.4. The van der Waals surface area contributed by atoms with Gasteiger partial charge in [0.05, 0.1) is 18.8 Å². The summed E-state index contributed by atoms with van der Waals surface area (Å²) in [4.78, 5) is 0. The summed E-state index contributed by atoms with van der Waals surface area (Å²) >= 11 is 0. The molecular formula is C18H26O4. The molecule has 2 fully saturated rings. The third-order valence-electron chi connectivity index (χ3n) is 4.55. The Balaban J connectivity index is 1.63. The van der Waals surface area contributed by atoms with E-state index >= 15 is 0 Å². The standard InChI is InChI=1S/C18H26O4/c1-3-4-10-14-17-15(11-16(19-2)18(21-14)22-17)20-12-13-8-6-5-7-9-13/h5-9,14-18H,3-4,10-12H2,1-2H3/t14-,15-,16+,17+,18?/m0/s1. The number of hydrogen-bond donors (Lipinski definition) is 0. The van der Waals surface area contributed by atoms with Crippen molar-refractivity contribution in [3.05, 3.63) is 35.9 Å². The fourth-order valence-electron chi connectivity index (χ4n) is 3.29. The molecular weight excluding hydrogens is 280 g/mol. The van der Waals surface area contributed by atoms with Crippen molar-refractivity contribution in [2.24, 2.45) is 0 Å². The van der Waals surface area contributed by atoms with Gasteiger partial charge in [-0.1, -0.05) is 50.1 Å². The molecule has 5 atom stereocenters. The van der Waals surface area contributed by atoms with Gasteiger partial charge in [0.2, 0.25) is 0 Å². The van der Waals surface area contributed by atoms with Crippen LogP contribution in [-0.4, -0.2) is 37.8 Å². The summed E-state index contributed by atoms with van der Waals surface area (Å²) in [5.41, 5.74) is 1.18. The van der Waals surface area contributed by atoms with Gasteiger partial charge in [-0.05, 0) is 12.0 Å². The number of fused-ring (bicyclic) bond motifs is 2. The van der Waals surface area contributed by atoms with E-state index in [4.69, 9.17) is 18.9 Å². The van der Waals surface area contributed by atoms with E-state index in [-0.39, 0.29) is 30.7 Å². The van der Waals surface area contributed by atoms with E-state index in [2.05, 4.69) is 19.1 Å². The van der Waals surface area contributed by atoms with E-state index in [1.807, 2.05) is 18.2 Å². The second-order valence-corrected chi connectivity index (χ2v) is 6.13. The summed E-state index contributed by atoms with van der Waals surface area (Å²) in [6.45, 7) is 2.80. The fraction of sp³-hybridized carbons (Fsp3) is 0.667. The largest absolute Gasteiger partial charge is 0.376 e. The molecule has 22 heavy (non-hydrogen) atoms. The highest BCUT2D eigenvalue weighted by Gasteiger charge is 2.50. The first-order valence-corrected chi connectivity index (χ1v) is 8.31. The van der Waals surface area contributed by atoms with Crippen LogP contribution in [0.2, 0.25) is 0 Å². The van der Waals surface area contributed by atoms with Crippen molar-refractivity contribution in [2.75, 3.05) is 7.11 Å². The number of rotatable bonds is 7. The van der Waals surface area contributed by atoms with Gasteiger partial charge in [0.25, 0.3) is 0 Å². The van der Waals surface area contributed by atoms with E-state index < -0.39 is 0 Å². The third-order valence-corrected chi connectivity index (χ3v) is 4.55. The van der Waals surface area contributed by atoms with Gasteiger partial charge in [0.1, 0.15) is 12.2 Å². The lowest BCUT2D eigenvalue weighted by Crippen LogP contribution is -2.45. The predicted octanol–water partition coefficient (Wildman–Crippen LogP) is 3.29. The van der Waals surface area contributed by atoms with Crippen LogP contribution in [0.3, 0.4) is 0 Å². The quantitative estimate of drug-likeness (QED) is 0.774. The van der Waals surface area contributed by atoms with Crippen LogP contribution in [0.25, 0.3) is 0 Å².